The lowest BCUT2D eigenvalue weighted by atomic mass is 9.95. The number of nitrogens with one attached hydrogen (secondary N) is 1. The number of piperidine rings is 1. The average molecular weight is 381 g/mol. The third-order valence-electron chi connectivity index (χ3n) is 5.39. The molecule has 28 heavy (non-hydrogen) atoms. The summed E-state index contributed by atoms with van der Waals surface area (Å²) in [6.45, 7) is 5.64. The van der Waals surface area contributed by atoms with Crippen molar-refractivity contribution < 1.29 is 9.18 Å². The molecule has 0 bridgehead atoms. The van der Waals surface area contributed by atoms with Crippen molar-refractivity contribution >= 4 is 5.91 Å². The number of benzene rings is 1. The van der Waals surface area contributed by atoms with Crippen molar-refractivity contribution in [3.63, 3.8) is 0 Å². The predicted molar refractivity (Wildman–Crippen MR) is 104 cm³/mol. The van der Waals surface area contributed by atoms with Gasteiger partial charge >= 0.3 is 0 Å². The molecule has 6 nitrogen and oxygen atoms in total. The van der Waals surface area contributed by atoms with Gasteiger partial charge in [-0.25, -0.2) is 9.37 Å². The van der Waals surface area contributed by atoms with Crippen molar-refractivity contribution in [3.8, 4) is 11.3 Å². The lowest BCUT2D eigenvalue weighted by Crippen LogP contribution is -2.38. The molecule has 1 aromatic carbocycles. The molecule has 1 saturated heterocycles. The fourth-order valence-corrected chi connectivity index (χ4v) is 3.90. The minimum Gasteiger partial charge on any atom is -0.338 e. The maximum absolute atomic E-state index is 13.6. The largest absolute Gasteiger partial charge is 0.338 e. The molecule has 0 saturated carbocycles. The summed E-state index contributed by atoms with van der Waals surface area (Å²) in [5, 5.41) is 6.87. The van der Waals surface area contributed by atoms with Gasteiger partial charge in [0.1, 0.15) is 11.6 Å². The van der Waals surface area contributed by atoms with Crippen LogP contribution in [0.15, 0.2) is 42.9 Å². The van der Waals surface area contributed by atoms with Crippen molar-refractivity contribution in [2.24, 2.45) is 0 Å². The molecule has 2 aromatic heterocycles. The van der Waals surface area contributed by atoms with Gasteiger partial charge < -0.3 is 9.47 Å². The number of hydrogen-bond donors (Lipinski definition) is 1. The SMILES string of the molecule is CC(C)n1ccnc1C1CCN(C(=O)c2cn[nH]c2-c2cccc(F)c2)CC1. The third kappa shape index (κ3) is 3.44. The first kappa shape index (κ1) is 18.4. The van der Waals surface area contributed by atoms with Gasteiger partial charge in [0.15, 0.2) is 0 Å². The highest BCUT2D eigenvalue weighted by atomic mass is 19.1. The van der Waals surface area contributed by atoms with E-state index in [4.69, 9.17) is 0 Å². The van der Waals surface area contributed by atoms with Gasteiger partial charge in [-0.3, -0.25) is 9.89 Å². The molecular weight excluding hydrogens is 357 g/mol. The van der Waals surface area contributed by atoms with Gasteiger partial charge in [0.2, 0.25) is 0 Å². The van der Waals surface area contributed by atoms with Crippen LogP contribution >= 0.6 is 0 Å². The third-order valence-corrected chi connectivity index (χ3v) is 5.39. The van der Waals surface area contributed by atoms with Gasteiger partial charge in [0.05, 0.1) is 17.5 Å². The van der Waals surface area contributed by atoms with Gasteiger partial charge in [0.25, 0.3) is 5.91 Å². The number of halogens is 1. The molecule has 0 spiro atoms. The van der Waals surface area contributed by atoms with Crippen LogP contribution in [0.2, 0.25) is 0 Å². The number of amides is 1. The first-order valence-electron chi connectivity index (χ1n) is 9.66. The van der Waals surface area contributed by atoms with Crippen LogP contribution in [0, 0.1) is 5.82 Å². The molecule has 7 heteroatoms. The van der Waals surface area contributed by atoms with E-state index in [-0.39, 0.29) is 11.7 Å². The van der Waals surface area contributed by atoms with Crippen molar-refractivity contribution in [3.05, 3.63) is 60.1 Å². The van der Waals surface area contributed by atoms with Gasteiger partial charge in [-0.1, -0.05) is 12.1 Å². The molecule has 1 aliphatic heterocycles. The van der Waals surface area contributed by atoms with Crippen molar-refractivity contribution in [2.45, 2.75) is 38.6 Å². The maximum atomic E-state index is 13.6. The Morgan fingerprint density at radius 1 is 1.29 bits per heavy atom. The first-order chi connectivity index (χ1) is 13.5. The minimum absolute atomic E-state index is 0.0707. The second-order valence-electron chi connectivity index (χ2n) is 7.52. The number of carbonyl (C=O) groups is 1. The molecular formula is C21H24FN5O. The molecule has 146 valence electrons. The molecule has 1 amide bonds. The van der Waals surface area contributed by atoms with Gasteiger partial charge in [-0.05, 0) is 38.8 Å². The van der Waals surface area contributed by atoms with Crippen molar-refractivity contribution in [2.75, 3.05) is 13.1 Å². The Balaban J connectivity index is 1.48. The summed E-state index contributed by atoms with van der Waals surface area (Å²) in [5.41, 5.74) is 1.66. The zero-order valence-electron chi connectivity index (χ0n) is 16.1. The summed E-state index contributed by atoms with van der Waals surface area (Å²) in [4.78, 5) is 19.5. The number of hydrogen-bond acceptors (Lipinski definition) is 3. The highest BCUT2D eigenvalue weighted by Gasteiger charge is 2.29. The Morgan fingerprint density at radius 2 is 2.07 bits per heavy atom. The van der Waals surface area contributed by atoms with Crippen molar-refractivity contribution in [1.29, 1.82) is 0 Å². The molecule has 0 radical (unpaired) electrons. The zero-order valence-corrected chi connectivity index (χ0v) is 16.1. The Morgan fingerprint density at radius 3 is 2.79 bits per heavy atom. The van der Waals surface area contributed by atoms with E-state index in [9.17, 15) is 9.18 Å². The lowest BCUT2D eigenvalue weighted by molar-refractivity contribution is 0.0711. The van der Waals surface area contributed by atoms with E-state index in [0.29, 0.717) is 41.9 Å². The molecule has 1 aliphatic rings. The highest BCUT2D eigenvalue weighted by Crippen LogP contribution is 2.30. The molecule has 4 rings (SSSR count). The van der Waals surface area contributed by atoms with Gasteiger partial charge in [-0.2, -0.15) is 5.10 Å². The zero-order chi connectivity index (χ0) is 19.7. The van der Waals surface area contributed by atoms with E-state index in [0.717, 1.165) is 18.7 Å². The van der Waals surface area contributed by atoms with E-state index in [2.05, 4.69) is 33.6 Å². The highest BCUT2D eigenvalue weighted by molar-refractivity contribution is 5.99. The Kier molecular flexibility index (Phi) is 4.98. The number of imidazole rings is 1. The summed E-state index contributed by atoms with van der Waals surface area (Å²) < 4.78 is 15.8. The number of nitrogens with zero attached hydrogens (tertiary/aromatic N) is 4. The van der Waals surface area contributed by atoms with E-state index in [1.54, 1.807) is 12.1 Å². The van der Waals surface area contributed by atoms with Crippen LogP contribution in [0.3, 0.4) is 0 Å². The second-order valence-corrected chi connectivity index (χ2v) is 7.52. The van der Waals surface area contributed by atoms with Crippen molar-refractivity contribution in [1.82, 2.24) is 24.6 Å². The number of H-pyrrole nitrogens is 1. The number of likely N-dealkylation sites (tertiary alicyclic amines) is 1. The fourth-order valence-electron chi connectivity index (χ4n) is 3.90. The second kappa shape index (κ2) is 7.58. The van der Waals surface area contributed by atoms with E-state index in [1.165, 1.54) is 18.3 Å². The first-order valence-corrected chi connectivity index (χ1v) is 9.66. The molecule has 0 atom stereocenters. The maximum Gasteiger partial charge on any atom is 0.257 e. The number of aromatic amines is 1. The monoisotopic (exact) mass is 381 g/mol. The Hall–Kier alpha value is -2.96. The molecule has 1 fully saturated rings. The topological polar surface area (TPSA) is 66.8 Å². The number of carbonyl (C=O) groups excluding carboxylic acids is 1. The van der Waals surface area contributed by atoms with Crippen LogP contribution in [0.25, 0.3) is 11.3 Å². The Labute approximate surface area is 163 Å². The quantitative estimate of drug-likeness (QED) is 0.742. The summed E-state index contributed by atoms with van der Waals surface area (Å²) in [6.07, 6.45) is 7.16. The van der Waals surface area contributed by atoms with Crippen LogP contribution in [0.4, 0.5) is 4.39 Å². The van der Waals surface area contributed by atoms with Gasteiger partial charge in [-0.15, -0.1) is 0 Å². The lowest BCUT2D eigenvalue weighted by Gasteiger charge is -2.32. The normalized spacial score (nSPS) is 15.4. The number of rotatable bonds is 4. The van der Waals surface area contributed by atoms with Crippen LogP contribution in [-0.4, -0.2) is 43.6 Å². The van der Waals surface area contributed by atoms with E-state index < -0.39 is 0 Å². The molecule has 0 unspecified atom stereocenters. The Bertz CT molecular complexity index is 969. The van der Waals surface area contributed by atoms with Crippen LogP contribution in [0.1, 0.15) is 54.8 Å². The molecule has 1 N–H and O–H groups in total. The standard InChI is InChI=1S/C21H24FN5O/c1-14(2)27-11-8-23-20(27)15-6-9-26(10-7-15)21(28)18-13-24-25-19(18)16-4-3-5-17(22)12-16/h3-5,8,11-15H,6-7,9-10H2,1-2H3,(H,24,25). The predicted octanol–water partition coefficient (Wildman–Crippen LogP) is 4.01. The molecule has 0 aliphatic carbocycles. The summed E-state index contributed by atoms with van der Waals surface area (Å²) in [7, 11) is 0. The fraction of sp³-hybridized carbons (Fsp3) is 0.381. The van der Waals surface area contributed by atoms with Crippen LogP contribution in [0.5, 0.6) is 0 Å². The van der Waals surface area contributed by atoms with Gasteiger partial charge in [0, 0.05) is 43.0 Å². The smallest absolute Gasteiger partial charge is 0.257 e. The van der Waals surface area contributed by atoms with Crippen LogP contribution in [-0.2, 0) is 0 Å². The van der Waals surface area contributed by atoms with E-state index >= 15 is 0 Å². The van der Waals surface area contributed by atoms with E-state index in [1.807, 2.05) is 17.3 Å². The number of aromatic nitrogens is 4. The van der Waals surface area contributed by atoms with Crippen LogP contribution < -0.4 is 0 Å². The summed E-state index contributed by atoms with van der Waals surface area (Å²) in [5.74, 6) is 1.05. The summed E-state index contributed by atoms with van der Waals surface area (Å²) >= 11 is 0. The summed E-state index contributed by atoms with van der Waals surface area (Å²) in [6, 6.07) is 6.56. The molecule has 3 heterocycles. The molecule has 3 aromatic rings. The minimum atomic E-state index is -0.341. The average Bonchev–Trinajstić information content (AvgIpc) is 3.37.